The summed E-state index contributed by atoms with van der Waals surface area (Å²) < 4.78 is 21.8. The Morgan fingerprint density at radius 1 is 1.08 bits per heavy atom. The van der Waals surface area contributed by atoms with Gasteiger partial charge in [-0.05, 0) is 47.0 Å². The number of ether oxygens (including phenoxy) is 3. The summed E-state index contributed by atoms with van der Waals surface area (Å²) in [6.45, 7) is 1.23. The summed E-state index contributed by atoms with van der Waals surface area (Å²) in [4.78, 5) is 25.0. The Bertz CT molecular complexity index is 1450. The van der Waals surface area contributed by atoms with Crippen LogP contribution in [0.4, 0.5) is 0 Å². The molecule has 0 spiro atoms. The summed E-state index contributed by atoms with van der Waals surface area (Å²) in [6.07, 6.45) is 1.56. The molecule has 0 saturated carbocycles. The monoisotopic (exact) mass is 486 g/mol. The lowest BCUT2D eigenvalue weighted by Crippen LogP contribution is -2.18. The van der Waals surface area contributed by atoms with E-state index in [1.54, 1.807) is 48.5 Å². The van der Waals surface area contributed by atoms with Gasteiger partial charge in [-0.1, -0.05) is 36.4 Å². The standard InChI is InChI=1S/C29H26O7/c1-33-26(30)17-23(27-28(31)22-4-2-3-5-25(22)36-29(27)32)19-7-9-21(10-8-19)34-14-12-18-6-11-24-20(16-18)13-15-35-24/h2-11,16,23,31H,12-15,17H2,1H3/t23-/m1/s1. The quantitative estimate of drug-likeness (QED) is 0.284. The summed E-state index contributed by atoms with van der Waals surface area (Å²) in [5, 5.41) is 11.3. The second-order valence-electron chi connectivity index (χ2n) is 8.69. The summed E-state index contributed by atoms with van der Waals surface area (Å²) in [5.41, 5.74) is 2.68. The highest BCUT2D eigenvalue weighted by Crippen LogP contribution is 2.36. The molecule has 184 valence electrons. The SMILES string of the molecule is COC(=O)C[C@H](c1ccc(OCCc2ccc3c(c2)CCO3)cc1)c1c(O)c2ccccc2oc1=O. The van der Waals surface area contributed by atoms with Gasteiger partial charge in [-0.2, -0.15) is 0 Å². The van der Waals surface area contributed by atoms with Crippen LogP contribution in [-0.2, 0) is 22.4 Å². The molecule has 1 aliphatic heterocycles. The molecule has 3 aromatic carbocycles. The van der Waals surface area contributed by atoms with Gasteiger partial charge in [0, 0.05) is 18.8 Å². The fraction of sp³-hybridized carbons (Fsp3) is 0.241. The van der Waals surface area contributed by atoms with Gasteiger partial charge in [0.1, 0.15) is 22.8 Å². The van der Waals surface area contributed by atoms with Gasteiger partial charge in [-0.25, -0.2) is 4.79 Å². The average Bonchev–Trinajstić information content (AvgIpc) is 3.36. The van der Waals surface area contributed by atoms with Crippen molar-refractivity contribution >= 4 is 16.9 Å². The fourth-order valence-electron chi connectivity index (χ4n) is 4.57. The van der Waals surface area contributed by atoms with Gasteiger partial charge < -0.3 is 23.7 Å². The van der Waals surface area contributed by atoms with Crippen molar-refractivity contribution in [3.05, 3.63) is 99.4 Å². The van der Waals surface area contributed by atoms with Gasteiger partial charge in [0.05, 0.1) is 37.7 Å². The Hall–Kier alpha value is -4.26. The van der Waals surface area contributed by atoms with Gasteiger partial charge in [0.2, 0.25) is 0 Å². The highest BCUT2D eigenvalue weighted by Gasteiger charge is 2.27. The molecule has 5 rings (SSSR count). The molecule has 0 radical (unpaired) electrons. The van der Waals surface area contributed by atoms with Crippen LogP contribution in [-0.4, -0.2) is 31.4 Å². The molecule has 1 aromatic heterocycles. The van der Waals surface area contributed by atoms with Crippen LogP contribution >= 0.6 is 0 Å². The van der Waals surface area contributed by atoms with Gasteiger partial charge in [-0.3, -0.25) is 4.79 Å². The second-order valence-corrected chi connectivity index (χ2v) is 8.69. The predicted molar refractivity (Wildman–Crippen MR) is 134 cm³/mol. The summed E-state index contributed by atoms with van der Waals surface area (Å²) in [7, 11) is 1.28. The number of carbonyl (C=O) groups is 1. The van der Waals surface area contributed by atoms with E-state index in [-0.39, 0.29) is 23.3 Å². The number of esters is 1. The topological polar surface area (TPSA) is 95.2 Å². The van der Waals surface area contributed by atoms with Crippen molar-refractivity contribution in [3.8, 4) is 17.2 Å². The first-order chi connectivity index (χ1) is 17.5. The van der Waals surface area contributed by atoms with Crippen LogP contribution in [0.2, 0.25) is 0 Å². The van der Waals surface area contributed by atoms with Crippen molar-refractivity contribution in [3.63, 3.8) is 0 Å². The molecule has 7 heteroatoms. The Morgan fingerprint density at radius 3 is 2.69 bits per heavy atom. The normalized spacial score (nSPS) is 13.1. The molecule has 1 aliphatic rings. The number of methoxy groups -OCH3 is 1. The summed E-state index contributed by atoms with van der Waals surface area (Å²) >= 11 is 0. The number of hydrogen-bond donors (Lipinski definition) is 1. The number of hydrogen-bond acceptors (Lipinski definition) is 7. The van der Waals surface area contributed by atoms with Crippen molar-refractivity contribution in [1.82, 2.24) is 0 Å². The maximum atomic E-state index is 12.8. The number of benzene rings is 3. The van der Waals surface area contributed by atoms with E-state index in [1.807, 2.05) is 6.07 Å². The Kier molecular flexibility index (Phi) is 6.62. The molecule has 7 nitrogen and oxygen atoms in total. The largest absolute Gasteiger partial charge is 0.507 e. The van der Waals surface area contributed by atoms with E-state index in [2.05, 4.69) is 12.1 Å². The molecule has 0 saturated heterocycles. The van der Waals surface area contributed by atoms with E-state index in [4.69, 9.17) is 18.6 Å². The van der Waals surface area contributed by atoms with Gasteiger partial charge in [0.25, 0.3) is 0 Å². The van der Waals surface area contributed by atoms with Crippen LogP contribution in [0.3, 0.4) is 0 Å². The van der Waals surface area contributed by atoms with Crippen LogP contribution in [0.1, 0.15) is 34.6 Å². The molecule has 36 heavy (non-hydrogen) atoms. The number of rotatable bonds is 8. The first-order valence-electron chi connectivity index (χ1n) is 11.8. The molecule has 0 amide bonds. The van der Waals surface area contributed by atoms with E-state index in [0.717, 1.165) is 25.2 Å². The van der Waals surface area contributed by atoms with Gasteiger partial charge in [0.15, 0.2) is 0 Å². The molecule has 1 atom stereocenters. The average molecular weight is 487 g/mol. The minimum atomic E-state index is -0.749. The summed E-state index contributed by atoms with van der Waals surface area (Å²) in [6, 6.07) is 20.1. The zero-order chi connectivity index (χ0) is 25.1. The molecule has 0 aliphatic carbocycles. The van der Waals surface area contributed by atoms with Crippen molar-refractivity contribution in [2.45, 2.75) is 25.2 Å². The lowest BCUT2D eigenvalue weighted by molar-refractivity contribution is -0.140. The maximum absolute atomic E-state index is 12.8. The molecular weight excluding hydrogens is 460 g/mol. The molecule has 2 heterocycles. The Labute approximate surface area is 207 Å². The molecule has 0 unspecified atom stereocenters. The Morgan fingerprint density at radius 2 is 1.89 bits per heavy atom. The van der Waals surface area contributed by atoms with Crippen LogP contribution in [0, 0.1) is 0 Å². The van der Waals surface area contributed by atoms with E-state index < -0.39 is 17.5 Å². The third-order valence-corrected chi connectivity index (χ3v) is 6.46. The lowest BCUT2D eigenvalue weighted by atomic mass is 9.88. The van der Waals surface area contributed by atoms with E-state index in [9.17, 15) is 14.7 Å². The first kappa shape index (κ1) is 23.5. The van der Waals surface area contributed by atoms with E-state index in [0.29, 0.717) is 23.3 Å². The zero-order valence-corrected chi connectivity index (χ0v) is 19.9. The van der Waals surface area contributed by atoms with Crippen LogP contribution < -0.4 is 15.1 Å². The smallest absolute Gasteiger partial charge is 0.343 e. The van der Waals surface area contributed by atoms with Crippen molar-refractivity contribution in [2.75, 3.05) is 20.3 Å². The number of para-hydroxylation sites is 1. The highest BCUT2D eigenvalue weighted by molar-refractivity contribution is 5.84. The number of aromatic hydroxyl groups is 1. The third-order valence-electron chi connectivity index (χ3n) is 6.46. The summed E-state index contributed by atoms with van der Waals surface area (Å²) in [5.74, 6) is 0.168. The molecule has 0 bridgehead atoms. The highest BCUT2D eigenvalue weighted by atomic mass is 16.5. The predicted octanol–water partition coefficient (Wildman–Crippen LogP) is 4.75. The first-order valence-corrected chi connectivity index (χ1v) is 11.8. The number of carbonyl (C=O) groups excluding carboxylic acids is 1. The van der Waals surface area contributed by atoms with Crippen molar-refractivity contribution in [1.29, 1.82) is 0 Å². The minimum absolute atomic E-state index is 0.0216. The van der Waals surface area contributed by atoms with Crippen molar-refractivity contribution < 1.29 is 28.5 Å². The zero-order valence-electron chi connectivity index (χ0n) is 19.9. The lowest BCUT2D eigenvalue weighted by Gasteiger charge is -2.18. The number of fused-ring (bicyclic) bond motifs is 2. The van der Waals surface area contributed by atoms with Crippen molar-refractivity contribution in [2.24, 2.45) is 0 Å². The van der Waals surface area contributed by atoms with Gasteiger partial charge in [-0.15, -0.1) is 0 Å². The van der Waals surface area contributed by atoms with E-state index in [1.165, 1.54) is 18.2 Å². The minimum Gasteiger partial charge on any atom is -0.507 e. The van der Waals surface area contributed by atoms with Gasteiger partial charge >= 0.3 is 11.6 Å². The molecular formula is C29H26O7. The Balaban J connectivity index is 1.35. The second kappa shape index (κ2) is 10.2. The third kappa shape index (κ3) is 4.77. The fourth-order valence-corrected chi connectivity index (χ4v) is 4.57. The van der Waals surface area contributed by atoms with Crippen LogP contribution in [0.15, 0.2) is 75.9 Å². The maximum Gasteiger partial charge on any atom is 0.343 e. The van der Waals surface area contributed by atoms with Crippen LogP contribution in [0.5, 0.6) is 17.2 Å². The molecule has 0 fully saturated rings. The molecule has 4 aromatic rings. The van der Waals surface area contributed by atoms with Crippen LogP contribution in [0.25, 0.3) is 11.0 Å². The molecule has 1 N–H and O–H groups in total. The van der Waals surface area contributed by atoms with E-state index >= 15 is 0 Å².